The Balaban J connectivity index is 1.99. The zero-order valence-electron chi connectivity index (χ0n) is 13.2. The van der Waals surface area contributed by atoms with Gasteiger partial charge in [0.1, 0.15) is 0 Å². The van der Waals surface area contributed by atoms with Crippen molar-refractivity contribution < 1.29 is 14.3 Å². The number of ether oxygens (including phenoxy) is 2. The number of halogens is 1. The maximum atomic E-state index is 12.3. The van der Waals surface area contributed by atoms with Crippen LogP contribution in [0.15, 0.2) is 16.6 Å². The van der Waals surface area contributed by atoms with Gasteiger partial charge in [-0.05, 0) is 59.9 Å². The number of hydrogen-bond acceptors (Lipinski definition) is 4. The molecule has 1 fully saturated rings. The minimum absolute atomic E-state index is 0.0971. The molecule has 1 amide bonds. The van der Waals surface area contributed by atoms with Crippen LogP contribution in [0.3, 0.4) is 0 Å². The number of piperidine rings is 1. The van der Waals surface area contributed by atoms with Crippen molar-refractivity contribution in [3.8, 4) is 11.5 Å². The molecule has 0 radical (unpaired) electrons. The first-order valence-corrected chi connectivity index (χ1v) is 8.26. The van der Waals surface area contributed by atoms with E-state index in [1.54, 1.807) is 14.2 Å². The highest BCUT2D eigenvalue weighted by Crippen LogP contribution is 2.36. The molecule has 1 aromatic carbocycles. The maximum Gasteiger partial charge on any atom is 0.223 e. The van der Waals surface area contributed by atoms with Crippen molar-refractivity contribution >= 4 is 21.8 Å². The predicted molar refractivity (Wildman–Crippen MR) is 89.3 cm³/mol. The SMILES string of the molecule is COc1cc(CNC(=O)[C@H]2CCN[C@@H](C)C2)cc(Br)c1OC. The average molecular weight is 371 g/mol. The number of methoxy groups -OCH3 is 2. The highest BCUT2D eigenvalue weighted by atomic mass is 79.9. The summed E-state index contributed by atoms with van der Waals surface area (Å²) in [5.74, 6) is 1.53. The third kappa shape index (κ3) is 4.14. The van der Waals surface area contributed by atoms with E-state index >= 15 is 0 Å². The van der Waals surface area contributed by atoms with Crippen molar-refractivity contribution in [2.45, 2.75) is 32.4 Å². The normalized spacial score (nSPS) is 21.3. The van der Waals surface area contributed by atoms with Gasteiger partial charge in [-0.25, -0.2) is 0 Å². The second-order valence-corrected chi connectivity index (χ2v) is 6.46. The Kier molecular flexibility index (Phi) is 6.08. The number of rotatable bonds is 5. The molecular weight excluding hydrogens is 348 g/mol. The van der Waals surface area contributed by atoms with E-state index in [-0.39, 0.29) is 11.8 Å². The fourth-order valence-electron chi connectivity index (χ4n) is 2.78. The highest BCUT2D eigenvalue weighted by molar-refractivity contribution is 9.10. The van der Waals surface area contributed by atoms with Crippen LogP contribution >= 0.6 is 15.9 Å². The van der Waals surface area contributed by atoms with Crippen LogP contribution in [-0.4, -0.2) is 32.7 Å². The lowest BCUT2D eigenvalue weighted by atomic mass is 9.92. The minimum atomic E-state index is 0.0971. The van der Waals surface area contributed by atoms with Crippen LogP contribution in [0.5, 0.6) is 11.5 Å². The molecular formula is C16H23BrN2O3. The smallest absolute Gasteiger partial charge is 0.223 e. The van der Waals surface area contributed by atoms with Crippen LogP contribution in [0, 0.1) is 5.92 Å². The van der Waals surface area contributed by atoms with E-state index in [1.165, 1.54) is 0 Å². The number of amides is 1. The zero-order valence-corrected chi connectivity index (χ0v) is 14.8. The fraction of sp³-hybridized carbons (Fsp3) is 0.562. The standard InChI is InChI=1S/C16H23BrN2O3/c1-10-6-12(4-5-18-10)16(20)19-9-11-7-13(17)15(22-3)14(8-11)21-2/h7-8,10,12,18H,4-6,9H2,1-3H3,(H,19,20)/t10-,12-/m0/s1. The summed E-state index contributed by atoms with van der Waals surface area (Å²) >= 11 is 3.46. The Bertz CT molecular complexity index is 536. The summed E-state index contributed by atoms with van der Waals surface area (Å²) in [6.07, 6.45) is 1.78. The van der Waals surface area contributed by atoms with E-state index in [9.17, 15) is 4.79 Å². The minimum Gasteiger partial charge on any atom is -0.493 e. The molecule has 0 aliphatic carbocycles. The Morgan fingerprint density at radius 2 is 2.18 bits per heavy atom. The lowest BCUT2D eigenvalue weighted by Crippen LogP contribution is -2.42. The molecule has 0 spiro atoms. The van der Waals surface area contributed by atoms with E-state index < -0.39 is 0 Å². The van der Waals surface area contributed by atoms with Crippen LogP contribution in [-0.2, 0) is 11.3 Å². The number of carbonyl (C=O) groups excluding carboxylic acids is 1. The molecule has 2 N–H and O–H groups in total. The first-order chi connectivity index (χ1) is 10.5. The summed E-state index contributed by atoms with van der Waals surface area (Å²) in [7, 11) is 3.20. The van der Waals surface area contributed by atoms with Gasteiger partial charge in [-0.2, -0.15) is 0 Å². The van der Waals surface area contributed by atoms with Gasteiger partial charge >= 0.3 is 0 Å². The first kappa shape index (κ1) is 17.1. The molecule has 0 aromatic heterocycles. The number of carbonyl (C=O) groups is 1. The molecule has 1 aliphatic heterocycles. The summed E-state index contributed by atoms with van der Waals surface area (Å²) in [4.78, 5) is 12.3. The molecule has 1 heterocycles. The Morgan fingerprint density at radius 1 is 1.41 bits per heavy atom. The van der Waals surface area contributed by atoms with Crippen LogP contribution < -0.4 is 20.1 Å². The molecule has 6 heteroatoms. The molecule has 122 valence electrons. The van der Waals surface area contributed by atoms with Crippen molar-refractivity contribution in [2.75, 3.05) is 20.8 Å². The third-order valence-electron chi connectivity index (χ3n) is 3.95. The van der Waals surface area contributed by atoms with Gasteiger partial charge in [-0.15, -0.1) is 0 Å². The molecule has 0 saturated carbocycles. The summed E-state index contributed by atoms with van der Waals surface area (Å²) in [6, 6.07) is 4.22. The van der Waals surface area contributed by atoms with Crippen molar-refractivity contribution in [1.82, 2.24) is 10.6 Å². The van der Waals surface area contributed by atoms with Gasteiger partial charge in [0.25, 0.3) is 0 Å². The van der Waals surface area contributed by atoms with Gasteiger partial charge in [0.05, 0.1) is 18.7 Å². The van der Waals surface area contributed by atoms with Crippen LogP contribution in [0.2, 0.25) is 0 Å². The predicted octanol–water partition coefficient (Wildman–Crippen LogP) is 2.47. The molecule has 1 aliphatic rings. The van der Waals surface area contributed by atoms with Gasteiger partial charge in [0.2, 0.25) is 5.91 Å². The van der Waals surface area contributed by atoms with Crippen molar-refractivity contribution in [3.63, 3.8) is 0 Å². The Labute approximate surface area is 139 Å². The third-order valence-corrected chi connectivity index (χ3v) is 4.54. The average Bonchev–Trinajstić information content (AvgIpc) is 2.51. The lowest BCUT2D eigenvalue weighted by Gasteiger charge is -2.27. The molecule has 2 rings (SSSR count). The number of nitrogens with one attached hydrogen (secondary N) is 2. The number of benzene rings is 1. The van der Waals surface area contributed by atoms with Crippen molar-refractivity contribution in [1.29, 1.82) is 0 Å². The van der Waals surface area contributed by atoms with Gasteiger partial charge in [-0.1, -0.05) is 0 Å². The molecule has 1 saturated heterocycles. The van der Waals surface area contributed by atoms with Crippen molar-refractivity contribution in [3.05, 3.63) is 22.2 Å². The quantitative estimate of drug-likeness (QED) is 0.835. The Hall–Kier alpha value is -1.27. The molecule has 1 aromatic rings. The summed E-state index contributed by atoms with van der Waals surface area (Å²) in [6.45, 7) is 3.50. The van der Waals surface area contributed by atoms with E-state index in [1.807, 2.05) is 12.1 Å². The van der Waals surface area contributed by atoms with Gasteiger partial charge < -0.3 is 20.1 Å². The molecule has 5 nitrogen and oxygen atoms in total. The monoisotopic (exact) mass is 370 g/mol. The summed E-state index contributed by atoms with van der Waals surface area (Å²) < 4.78 is 11.4. The molecule has 0 unspecified atom stereocenters. The zero-order chi connectivity index (χ0) is 16.1. The maximum absolute atomic E-state index is 12.3. The van der Waals surface area contributed by atoms with Gasteiger partial charge in [0, 0.05) is 18.5 Å². The van der Waals surface area contributed by atoms with E-state index in [4.69, 9.17) is 9.47 Å². The lowest BCUT2D eigenvalue weighted by molar-refractivity contribution is -0.126. The summed E-state index contributed by atoms with van der Waals surface area (Å²) in [5.41, 5.74) is 0.972. The molecule has 0 bridgehead atoms. The topological polar surface area (TPSA) is 59.6 Å². The van der Waals surface area contributed by atoms with E-state index in [0.29, 0.717) is 24.1 Å². The molecule has 2 atom stereocenters. The highest BCUT2D eigenvalue weighted by Gasteiger charge is 2.24. The first-order valence-electron chi connectivity index (χ1n) is 7.46. The van der Waals surface area contributed by atoms with Crippen LogP contribution in [0.4, 0.5) is 0 Å². The van der Waals surface area contributed by atoms with Gasteiger partial charge in [-0.3, -0.25) is 4.79 Å². The van der Waals surface area contributed by atoms with Crippen LogP contribution in [0.1, 0.15) is 25.3 Å². The van der Waals surface area contributed by atoms with E-state index in [2.05, 4.69) is 33.5 Å². The van der Waals surface area contributed by atoms with Gasteiger partial charge in [0.15, 0.2) is 11.5 Å². The van der Waals surface area contributed by atoms with Crippen molar-refractivity contribution in [2.24, 2.45) is 5.92 Å². The van der Waals surface area contributed by atoms with E-state index in [0.717, 1.165) is 29.4 Å². The largest absolute Gasteiger partial charge is 0.493 e. The number of hydrogen-bond donors (Lipinski definition) is 2. The van der Waals surface area contributed by atoms with Crippen LogP contribution in [0.25, 0.3) is 0 Å². The summed E-state index contributed by atoms with van der Waals surface area (Å²) in [5, 5.41) is 6.38. The fourth-order valence-corrected chi connectivity index (χ4v) is 3.43. The second kappa shape index (κ2) is 7.83. The molecule has 22 heavy (non-hydrogen) atoms. The Morgan fingerprint density at radius 3 is 2.82 bits per heavy atom. The second-order valence-electron chi connectivity index (χ2n) is 5.61.